The van der Waals surface area contributed by atoms with Gasteiger partial charge in [-0.25, -0.2) is 0 Å². The number of nitrogens with two attached hydrogens (primary N) is 1. The van der Waals surface area contributed by atoms with Crippen molar-refractivity contribution in [1.82, 2.24) is 18.8 Å². The summed E-state index contributed by atoms with van der Waals surface area (Å²) >= 11 is 0. The molecule has 0 spiro atoms. The fourth-order valence-corrected chi connectivity index (χ4v) is 5.76. The molecular formula is C30H40N6O6S. The van der Waals surface area contributed by atoms with Crippen LogP contribution in [0.4, 0.5) is 0 Å². The minimum Gasteiger partial charge on any atom is -0.493 e. The summed E-state index contributed by atoms with van der Waals surface area (Å²) in [6.45, 7) is 1.60. The normalized spacial score (nSPS) is 16.7. The number of rotatable bonds is 12. The lowest BCUT2D eigenvalue weighted by molar-refractivity contribution is -0.114. The molecule has 4 rings (SSSR count). The van der Waals surface area contributed by atoms with Gasteiger partial charge in [0.15, 0.2) is 11.5 Å². The van der Waals surface area contributed by atoms with E-state index < -0.39 is 10.2 Å². The van der Waals surface area contributed by atoms with E-state index in [1.165, 1.54) is 22.7 Å². The second kappa shape index (κ2) is 14.0. The molecule has 0 bridgehead atoms. The molecule has 13 heteroatoms. The highest BCUT2D eigenvalue weighted by Gasteiger charge is 2.30. The van der Waals surface area contributed by atoms with E-state index in [1.807, 2.05) is 24.3 Å². The van der Waals surface area contributed by atoms with Gasteiger partial charge in [0, 0.05) is 70.7 Å². The Kier molecular flexibility index (Phi) is 10.4. The summed E-state index contributed by atoms with van der Waals surface area (Å²) in [6, 6.07) is 12.6. The molecule has 12 nitrogen and oxygen atoms in total. The zero-order chi connectivity index (χ0) is 31.1. The summed E-state index contributed by atoms with van der Waals surface area (Å²) < 4.78 is 38.9. The lowest BCUT2D eigenvalue weighted by atomic mass is 10.1. The van der Waals surface area contributed by atoms with Gasteiger partial charge in [-0.3, -0.25) is 14.6 Å². The van der Waals surface area contributed by atoms with Gasteiger partial charge in [0.1, 0.15) is 12.3 Å². The fraction of sp³-hybridized carbons (Fsp3) is 0.433. The molecule has 2 aromatic rings. The Morgan fingerprint density at radius 3 is 2.35 bits per heavy atom. The summed E-state index contributed by atoms with van der Waals surface area (Å²) in [7, 11) is 2.60. The first-order valence-corrected chi connectivity index (χ1v) is 15.5. The highest BCUT2D eigenvalue weighted by atomic mass is 32.2. The van der Waals surface area contributed by atoms with Crippen molar-refractivity contribution >= 4 is 27.7 Å². The summed E-state index contributed by atoms with van der Waals surface area (Å²) in [5.74, 6) is 0.894. The van der Waals surface area contributed by atoms with Crippen molar-refractivity contribution in [2.45, 2.75) is 26.0 Å². The molecule has 0 atom stereocenters. The summed E-state index contributed by atoms with van der Waals surface area (Å²) in [6.07, 6.45) is 3.72. The third-order valence-corrected chi connectivity index (χ3v) is 9.38. The van der Waals surface area contributed by atoms with Crippen molar-refractivity contribution in [1.29, 1.82) is 0 Å². The van der Waals surface area contributed by atoms with Gasteiger partial charge in [0.25, 0.3) is 22.0 Å². The van der Waals surface area contributed by atoms with E-state index in [9.17, 15) is 18.0 Å². The number of carbonyl (C=O) groups is 2. The van der Waals surface area contributed by atoms with Crippen molar-refractivity contribution in [3.05, 3.63) is 70.9 Å². The van der Waals surface area contributed by atoms with Crippen LogP contribution in [0.5, 0.6) is 11.5 Å². The van der Waals surface area contributed by atoms with Crippen molar-refractivity contribution in [3.63, 3.8) is 0 Å². The van der Waals surface area contributed by atoms with Gasteiger partial charge < -0.3 is 25.4 Å². The highest BCUT2D eigenvalue weighted by molar-refractivity contribution is 7.86. The number of benzene rings is 2. The molecule has 0 unspecified atom stereocenters. The zero-order valence-corrected chi connectivity index (χ0v) is 25.9. The van der Waals surface area contributed by atoms with E-state index in [1.54, 1.807) is 43.3 Å². The topological polar surface area (TPSA) is 147 Å². The highest BCUT2D eigenvalue weighted by Crippen LogP contribution is 2.34. The quantitative estimate of drug-likeness (QED) is 0.348. The van der Waals surface area contributed by atoms with Gasteiger partial charge in [-0.1, -0.05) is 24.3 Å². The molecule has 0 aromatic heterocycles. The Hall–Kier alpha value is -3.94. The standard InChI is InChI=1S/C30H40N6O6S/c1-32-26(18-25(31)22-12-13-22)29(37)33-19-24-6-5-7-27(28(24)41-4)42-20-21-8-10-23(11-9-21)30(38)35-14-16-36(17-15-35)43(39,40)34(2)3/h5-11,18,22H,12-17,19-20,31H2,1-4H3,(H,33,37). The Bertz CT molecular complexity index is 1480. The number of carbonyl (C=O) groups excluding carboxylic acids is 2. The van der Waals surface area contributed by atoms with Gasteiger partial charge in [-0.05, 0) is 48.6 Å². The number of nitrogens with one attached hydrogen (secondary N) is 1. The average Bonchev–Trinajstić information content (AvgIpc) is 3.87. The number of piperazine rings is 1. The van der Waals surface area contributed by atoms with Crippen LogP contribution >= 0.6 is 0 Å². The van der Waals surface area contributed by atoms with Crippen molar-refractivity contribution in [2.75, 3.05) is 54.4 Å². The van der Waals surface area contributed by atoms with Gasteiger partial charge in [0.2, 0.25) is 0 Å². The number of nitrogens with zero attached hydrogens (tertiary/aromatic N) is 4. The summed E-state index contributed by atoms with van der Waals surface area (Å²) in [5, 5.41) is 2.87. The van der Waals surface area contributed by atoms with E-state index >= 15 is 0 Å². The van der Waals surface area contributed by atoms with Crippen LogP contribution in [0, 0.1) is 5.92 Å². The fourth-order valence-electron chi connectivity index (χ4n) is 4.68. The maximum atomic E-state index is 13.0. The van der Waals surface area contributed by atoms with Crippen LogP contribution in [-0.4, -0.2) is 93.9 Å². The molecular weight excluding hydrogens is 572 g/mol. The van der Waals surface area contributed by atoms with E-state index in [4.69, 9.17) is 15.2 Å². The molecule has 2 aromatic carbocycles. The molecule has 43 heavy (non-hydrogen) atoms. The van der Waals surface area contributed by atoms with Gasteiger partial charge in [-0.2, -0.15) is 17.0 Å². The van der Waals surface area contributed by atoms with Crippen LogP contribution in [-0.2, 0) is 28.2 Å². The number of hydrogen-bond acceptors (Lipinski definition) is 8. The zero-order valence-electron chi connectivity index (χ0n) is 25.1. The van der Waals surface area contributed by atoms with Crippen LogP contribution in [0.1, 0.15) is 34.3 Å². The van der Waals surface area contributed by atoms with Crippen molar-refractivity contribution < 1.29 is 27.5 Å². The maximum Gasteiger partial charge on any atom is 0.281 e. The van der Waals surface area contributed by atoms with Crippen LogP contribution in [0.2, 0.25) is 0 Å². The second-order valence-corrected chi connectivity index (χ2v) is 12.8. The van der Waals surface area contributed by atoms with E-state index in [0.29, 0.717) is 41.8 Å². The Labute approximate surface area is 253 Å². The number of amides is 2. The van der Waals surface area contributed by atoms with Crippen molar-refractivity contribution in [3.8, 4) is 11.5 Å². The molecule has 2 fully saturated rings. The molecule has 2 aliphatic rings. The monoisotopic (exact) mass is 612 g/mol. The molecule has 1 heterocycles. The van der Waals surface area contributed by atoms with E-state index in [2.05, 4.69) is 10.3 Å². The summed E-state index contributed by atoms with van der Waals surface area (Å²) in [5.41, 5.74) is 9.12. The molecule has 1 aliphatic heterocycles. The predicted molar refractivity (Wildman–Crippen MR) is 164 cm³/mol. The first-order chi connectivity index (χ1) is 20.5. The second-order valence-electron chi connectivity index (χ2n) is 10.6. The number of allylic oxidation sites excluding steroid dienone is 1. The number of methoxy groups -OCH3 is 1. The minimum atomic E-state index is -3.50. The molecule has 1 saturated heterocycles. The largest absolute Gasteiger partial charge is 0.493 e. The van der Waals surface area contributed by atoms with Crippen LogP contribution < -0.4 is 20.5 Å². The van der Waals surface area contributed by atoms with Gasteiger partial charge >= 0.3 is 0 Å². The number of hydrogen-bond donors (Lipinski definition) is 2. The maximum absolute atomic E-state index is 13.0. The first-order valence-electron chi connectivity index (χ1n) is 14.1. The van der Waals surface area contributed by atoms with Crippen LogP contribution in [0.3, 0.4) is 0 Å². The van der Waals surface area contributed by atoms with E-state index in [0.717, 1.165) is 24.0 Å². The number of ether oxygens (including phenoxy) is 2. The third kappa shape index (κ3) is 7.92. The summed E-state index contributed by atoms with van der Waals surface area (Å²) in [4.78, 5) is 31.5. The van der Waals surface area contributed by atoms with E-state index in [-0.39, 0.29) is 43.8 Å². The van der Waals surface area contributed by atoms with Crippen LogP contribution in [0.15, 0.2) is 59.2 Å². The number of para-hydroxylation sites is 1. The Morgan fingerprint density at radius 2 is 1.77 bits per heavy atom. The SMILES string of the molecule is CN=C(C=C(N)C1CC1)C(=O)NCc1cccc(OCc2ccc(C(=O)N3CCN(S(=O)(=O)N(C)C)CC3)cc2)c1OC. The molecule has 232 valence electrons. The molecule has 0 radical (unpaired) electrons. The molecule has 2 amide bonds. The van der Waals surface area contributed by atoms with Gasteiger partial charge in [-0.15, -0.1) is 0 Å². The lowest BCUT2D eigenvalue weighted by Crippen LogP contribution is -2.53. The average molecular weight is 613 g/mol. The smallest absolute Gasteiger partial charge is 0.281 e. The minimum absolute atomic E-state index is 0.146. The van der Waals surface area contributed by atoms with Crippen LogP contribution in [0.25, 0.3) is 0 Å². The molecule has 1 saturated carbocycles. The molecule has 1 aliphatic carbocycles. The predicted octanol–water partition coefficient (Wildman–Crippen LogP) is 1.78. The van der Waals surface area contributed by atoms with Gasteiger partial charge in [0.05, 0.1) is 7.11 Å². The Morgan fingerprint density at radius 1 is 1.09 bits per heavy atom. The Balaban J connectivity index is 1.32. The molecule has 3 N–H and O–H groups in total. The third-order valence-electron chi connectivity index (χ3n) is 7.44. The first kappa shape index (κ1) is 32.0. The van der Waals surface area contributed by atoms with Crippen molar-refractivity contribution in [2.24, 2.45) is 16.6 Å². The number of aliphatic imine (C=N–C) groups is 1. The lowest BCUT2D eigenvalue weighted by Gasteiger charge is -2.35.